The molecule has 6 rings (SSSR count). The molecule has 0 atom stereocenters. The average Bonchev–Trinajstić information content (AvgIpc) is 3.57. The molecule has 4 aromatic rings. The minimum atomic E-state index is -0.132. The number of benzene rings is 2. The summed E-state index contributed by atoms with van der Waals surface area (Å²) in [4.78, 5) is 14.6. The molecule has 0 saturated heterocycles. The molecule has 0 bridgehead atoms. The zero-order chi connectivity index (χ0) is 22.9. The first-order valence-corrected chi connectivity index (χ1v) is 11.9. The Labute approximate surface area is 198 Å². The molecule has 1 aliphatic heterocycles. The molecule has 7 nitrogen and oxygen atoms in total. The lowest BCUT2D eigenvalue weighted by molar-refractivity contribution is 0.0953. The lowest BCUT2D eigenvalue weighted by atomic mass is 10.0. The molecule has 3 heterocycles. The van der Waals surface area contributed by atoms with Gasteiger partial charge in [0.25, 0.3) is 5.91 Å². The number of hydrogen-bond donors (Lipinski definition) is 1. The zero-order valence-corrected chi connectivity index (χ0v) is 19.0. The summed E-state index contributed by atoms with van der Waals surface area (Å²) >= 11 is 0. The first-order valence-electron chi connectivity index (χ1n) is 11.9. The third kappa shape index (κ3) is 4.03. The molecular formula is C27H27N5O2. The quantitative estimate of drug-likeness (QED) is 0.426. The molecule has 0 saturated carbocycles. The standard InChI is InChI=1S/C27H27N5O2/c33-27(21-9-14-34-18-21)28-10-7-25-29-30-26-8-11-31(12-13-32(25)26)17-19-5-6-24-22(15-19)16-20-3-1-2-4-23(20)24/h1-6,9,14-15,18H,7-8,10-13,16-17H2,(H,28,33). The van der Waals surface area contributed by atoms with Crippen molar-refractivity contribution in [3.05, 3.63) is 95.0 Å². The van der Waals surface area contributed by atoms with Crippen molar-refractivity contribution >= 4 is 5.91 Å². The Morgan fingerprint density at radius 3 is 2.82 bits per heavy atom. The van der Waals surface area contributed by atoms with Crippen LogP contribution in [0, 0.1) is 0 Å². The van der Waals surface area contributed by atoms with Gasteiger partial charge in [0.1, 0.15) is 17.9 Å². The Bertz CT molecular complexity index is 1320. The Morgan fingerprint density at radius 1 is 1.00 bits per heavy atom. The molecular weight excluding hydrogens is 426 g/mol. The summed E-state index contributed by atoms with van der Waals surface area (Å²) in [5.74, 6) is 1.83. The Hall–Kier alpha value is -3.71. The highest BCUT2D eigenvalue weighted by Crippen LogP contribution is 2.36. The molecule has 0 spiro atoms. The van der Waals surface area contributed by atoms with Crippen molar-refractivity contribution in [3.63, 3.8) is 0 Å². The second-order valence-corrected chi connectivity index (χ2v) is 9.05. The summed E-state index contributed by atoms with van der Waals surface area (Å²) in [5.41, 5.74) is 7.52. The van der Waals surface area contributed by atoms with Gasteiger partial charge in [0, 0.05) is 45.6 Å². The molecule has 2 aliphatic rings. The van der Waals surface area contributed by atoms with Crippen LogP contribution in [-0.4, -0.2) is 45.2 Å². The predicted molar refractivity (Wildman–Crippen MR) is 128 cm³/mol. The van der Waals surface area contributed by atoms with E-state index in [2.05, 4.69) is 67.4 Å². The van der Waals surface area contributed by atoms with E-state index in [-0.39, 0.29) is 5.91 Å². The van der Waals surface area contributed by atoms with Gasteiger partial charge in [0.15, 0.2) is 0 Å². The predicted octanol–water partition coefficient (Wildman–Crippen LogP) is 3.47. The van der Waals surface area contributed by atoms with Gasteiger partial charge in [-0.2, -0.15) is 0 Å². The van der Waals surface area contributed by atoms with Crippen LogP contribution in [-0.2, 0) is 32.4 Å². The third-order valence-electron chi connectivity index (χ3n) is 6.88. The van der Waals surface area contributed by atoms with Crippen molar-refractivity contribution in [2.24, 2.45) is 0 Å². The molecule has 34 heavy (non-hydrogen) atoms. The highest BCUT2D eigenvalue weighted by atomic mass is 16.3. The van der Waals surface area contributed by atoms with Gasteiger partial charge >= 0.3 is 0 Å². The fourth-order valence-electron chi connectivity index (χ4n) is 5.11. The van der Waals surface area contributed by atoms with Crippen LogP contribution in [0.3, 0.4) is 0 Å². The van der Waals surface area contributed by atoms with Crippen molar-refractivity contribution in [1.82, 2.24) is 25.0 Å². The number of fused-ring (bicyclic) bond motifs is 4. The van der Waals surface area contributed by atoms with Crippen molar-refractivity contribution in [3.8, 4) is 11.1 Å². The van der Waals surface area contributed by atoms with Crippen LogP contribution >= 0.6 is 0 Å². The molecule has 0 fully saturated rings. The van der Waals surface area contributed by atoms with E-state index in [1.165, 1.54) is 40.3 Å². The summed E-state index contributed by atoms with van der Waals surface area (Å²) in [6, 6.07) is 17.3. The topological polar surface area (TPSA) is 76.2 Å². The fraction of sp³-hybridized carbons (Fsp3) is 0.296. The van der Waals surface area contributed by atoms with Gasteiger partial charge in [-0.25, -0.2) is 0 Å². The summed E-state index contributed by atoms with van der Waals surface area (Å²) in [7, 11) is 0. The SMILES string of the molecule is O=C(NCCc1nnc2n1CCN(Cc1ccc3c(c1)Cc1ccccc1-3)CC2)c1ccoc1. The molecule has 0 radical (unpaired) electrons. The number of carbonyl (C=O) groups excluding carboxylic acids is 1. The fourth-order valence-corrected chi connectivity index (χ4v) is 5.11. The lowest BCUT2D eigenvalue weighted by Crippen LogP contribution is -2.28. The van der Waals surface area contributed by atoms with Crippen LogP contribution in [0.15, 0.2) is 65.5 Å². The molecule has 1 amide bonds. The lowest BCUT2D eigenvalue weighted by Gasteiger charge is -2.20. The van der Waals surface area contributed by atoms with Crippen LogP contribution in [0.5, 0.6) is 0 Å². The zero-order valence-electron chi connectivity index (χ0n) is 19.0. The molecule has 2 aromatic carbocycles. The van der Waals surface area contributed by atoms with Crippen LogP contribution in [0.2, 0.25) is 0 Å². The number of nitrogens with one attached hydrogen (secondary N) is 1. The number of amides is 1. The monoisotopic (exact) mass is 453 g/mol. The van der Waals surface area contributed by atoms with Crippen LogP contribution in [0.4, 0.5) is 0 Å². The van der Waals surface area contributed by atoms with E-state index in [0.29, 0.717) is 18.5 Å². The summed E-state index contributed by atoms with van der Waals surface area (Å²) in [5, 5.41) is 11.8. The minimum Gasteiger partial charge on any atom is -0.472 e. The Balaban J connectivity index is 1.07. The van der Waals surface area contributed by atoms with Crippen molar-refractivity contribution in [1.29, 1.82) is 0 Å². The molecule has 1 aliphatic carbocycles. The maximum atomic E-state index is 12.1. The number of aromatic nitrogens is 3. The van der Waals surface area contributed by atoms with E-state index < -0.39 is 0 Å². The van der Waals surface area contributed by atoms with Crippen LogP contribution < -0.4 is 5.32 Å². The van der Waals surface area contributed by atoms with Gasteiger partial charge in [-0.3, -0.25) is 9.69 Å². The highest BCUT2D eigenvalue weighted by molar-refractivity contribution is 5.93. The van der Waals surface area contributed by atoms with E-state index in [0.717, 1.165) is 50.7 Å². The molecule has 7 heteroatoms. The summed E-state index contributed by atoms with van der Waals surface area (Å²) in [6.45, 7) is 4.24. The van der Waals surface area contributed by atoms with Crippen molar-refractivity contribution in [2.45, 2.75) is 32.4 Å². The van der Waals surface area contributed by atoms with E-state index in [1.807, 2.05) is 0 Å². The van der Waals surface area contributed by atoms with Gasteiger partial charge in [-0.05, 0) is 40.3 Å². The first kappa shape index (κ1) is 20.9. The molecule has 1 N–H and O–H groups in total. The van der Waals surface area contributed by atoms with Gasteiger partial charge in [0.05, 0.1) is 11.8 Å². The third-order valence-corrected chi connectivity index (χ3v) is 6.88. The van der Waals surface area contributed by atoms with Crippen LogP contribution in [0.25, 0.3) is 11.1 Å². The van der Waals surface area contributed by atoms with E-state index in [1.54, 1.807) is 6.07 Å². The molecule has 172 valence electrons. The maximum Gasteiger partial charge on any atom is 0.254 e. The largest absolute Gasteiger partial charge is 0.472 e. The smallest absolute Gasteiger partial charge is 0.254 e. The normalized spacial score (nSPS) is 14.8. The van der Waals surface area contributed by atoms with Gasteiger partial charge in [0.2, 0.25) is 0 Å². The highest BCUT2D eigenvalue weighted by Gasteiger charge is 2.21. The van der Waals surface area contributed by atoms with Gasteiger partial charge in [-0.1, -0.05) is 42.5 Å². The number of furan rings is 1. The maximum absolute atomic E-state index is 12.1. The van der Waals surface area contributed by atoms with Crippen molar-refractivity contribution < 1.29 is 9.21 Å². The van der Waals surface area contributed by atoms with E-state index >= 15 is 0 Å². The number of nitrogens with zero attached hydrogens (tertiary/aromatic N) is 4. The molecule has 0 unspecified atom stereocenters. The number of rotatable bonds is 6. The molecule has 2 aromatic heterocycles. The Morgan fingerprint density at radius 2 is 1.91 bits per heavy atom. The van der Waals surface area contributed by atoms with Crippen molar-refractivity contribution in [2.75, 3.05) is 19.6 Å². The summed E-state index contributed by atoms with van der Waals surface area (Å²) < 4.78 is 7.20. The first-order chi connectivity index (χ1) is 16.7. The second kappa shape index (κ2) is 8.91. The second-order valence-electron chi connectivity index (χ2n) is 9.05. The minimum absolute atomic E-state index is 0.132. The van der Waals surface area contributed by atoms with E-state index in [4.69, 9.17) is 4.42 Å². The summed E-state index contributed by atoms with van der Waals surface area (Å²) in [6.07, 6.45) is 5.52. The van der Waals surface area contributed by atoms with Gasteiger partial charge in [-0.15, -0.1) is 10.2 Å². The number of carbonyl (C=O) groups is 1. The average molecular weight is 454 g/mol. The van der Waals surface area contributed by atoms with Gasteiger partial charge < -0.3 is 14.3 Å². The Kier molecular flexibility index (Phi) is 5.47. The van der Waals surface area contributed by atoms with Crippen LogP contribution in [0.1, 0.15) is 38.7 Å². The number of hydrogen-bond acceptors (Lipinski definition) is 5. The van der Waals surface area contributed by atoms with E-state index in [9.17, 15) is 4.79 Å².